The average molecular weight is 348 g/mol. The van der Waals surface area contributed by atoms with Crippen molar-refractivity contribution in [2.75, 3.05) is 0 Å². The Kier molecular flexibility index (Phi) is 4.71. The maximum atomic E-state index is 12.8. The van der Waals surface area contributed by atoms with Gasteiger partial charge in [0.15, 0.2) is 0 Å². The number of benzene rings is 1. The van der Waals surface area contributed by atoms with Gasteiger partial charge in [-0.25, -0.2) is 9.78 Å². The fourth-order valence-corrected chi connectivity index (χ4v) is 2.90. The second-order valence-electron chi connectivity index (χ2n) is 6.28. The number of hydrogen-bond donors (Lipinski definition) is 1. The number of hydrogen-bond acceptors (Lipinski definition) is 3. The van der Waals surface area contributed by atoms with E-state index in [0.29, 0.717) is 23.3 Å². The van der Waals surface area contributed by atoms with Crippen molar-refractivity contribution in [3.8, 4) is 0 Å². The fourth-order valence-electron chi connectivity index (χ4n) is 2.90. The summed E-state index contributed by atoms with van der Waals surface area (Å²) in [5, 5.41) is 9.13. The van der Waals surface area contributed by atoms with Crippen LogP contribution in [-0.4, -0.2) is 20.5 Å². The standard InChI is InChI=1S/C21H20N2O3/c1-4-17-18(9-7-15-11-13(2)5-6-14(15)3)22-19-10-8-16(21(25)26)12-23(19)20(17)24/h5-12H,4H2,1-3H3,(H,25,26). The molecule has 3 rings (SSSR count). The summed E-state index contributed by atoms with van der Waals surface area (Å²) >= 11 is 0. The van der Waals surface area contributed by atoms with Crippen molar-refractivity contribution in [3.63, 3.8) is 0 Å². The van der Waals surface area contributed by atoms with Crippen molar-refractivity contribution < 1.29 is 9.90 Å². The fraction of sp³-hybridized carbons (Fsp3) is 0.190. The van der Waals surface area contributed by atoms with E-state index in [1.807, 2.05) is 32.9 Å². The molecule has 5 nitrogen and oxygen atoms in total. The van der Waals surface area contributed by atoms with E-state index in [1.54, 1.807) is 6.07 Å². The Morgan fingerprint density at radius 1 is 1.19 bits per heavy atom. The average Bonchev–Trinajstić information content (AvgIpc) is 2.62. The molecule has 2 aromatic heterocycles. The van der Waals surface area contributed by atoms with Gasteiger partial charge < -0.3 is 5.11 Å². The van der Waals surface area contributed by atoms with Crippen LogP contribution in [-0.2, 0) is 6.42 Å². The Morgan fingerprint density at radius 2 is 1.96 bits per heavy atom. The summed E-state index contributed by atoms with van der Waals surface area (Å²) in [6.45, 7) is 5.96. The van der Waals surface area contributed by atoms with Gasteiger partial charge in [0.05, 0.1) is 11.3 Å². The number of carboxylic acid groups (broad SMARTS) is 1. The van der Waals surface area contributed by atoms with Crippen molar-refractivity contribution in [2.45, 2.75) is 27.2 Å². The van der Waals surface area contributed by atoms with Crippen LogP contribution in [0.5, 0.6) is 0 Å². The molecule has 0 spiro atoms. The third-order valence-electron chi connectivity index (χ3n) is 4.40. The minimum absolute atomic E-state index is 0.0575. The first-order valence-electron chi connectivity index (χ1n) is 8.44. The third kappa shape index (κ3) is 3.28. The zero-order valence-electron chi connectivity index (χ0n) is 15.0. The molecule has 0 saturated heterocycles. The molecule has 0 aliphatic heterocycles. The van der Waals surface area contributed by atoms with Gasteiger partial charge in [-0.05, 0) is 49.6 Å². The van der Waals surface area contributed by atoms with Gasteiger partial charge in [-0.15, -0.1) is 0 Å². The van der Waals surface area contributed by atoms with E-state index in [2.05, 4.69) is 23.2 Å². The Labute approximate surface area is 151 Å². The van der Waals surface area contributed by atoms with Gasteiger partial charge in [0.25, 0.3) is 5.56 Å². The first-order valence-corrected chi connectivity index (χ1v) is 8.44. The predicted octanol–water partition coefficient (Wildman–Crippen LogP) is 3.74. The quantitative estimate of drug-likeness (QED) is 0.779. The predicted molar refractivity (Wildman–Crippen MR) is 103 cm³/mol. The Morgan fingerprint density at radius 3 is 2.65 bits per heavy atom. The first-order chi connectivity index (χ1) is 12.4. The molecule has 1 aromatic carbocycles. The SMILES string of the molecule is CCc1c(C=Cc2cc(C)ccc2C)nc2ccc(C(=O)O)cn2c1=O. The van der Waals surface area contributed by atoms with Crippen molar-refractivity contribution in [1.29, 1.82) is 0 Å². The molecule has 0 bridgehead atoms. The molecule has 2 heterocycles. The molecule has 0 radical (unpaired) electrons. The lowest BCUT2D eigenvalue weighted by Crippen LogP contribution is -2.22. The maximum Gasteiger partial charge on any atom is 0.337 e. The topological polar surface area (TPSA) is 71.7 Å². The van der Waals surface area contributed by atoms with E-state index in [4.69, 9.17) is 5.11 Å². The highest BCUT2D eigenvalue weighted by Gasteiger charge is 2.11. The van der Waals surface area contributed by atoms with E-state index in [9.17, 15) is 9.59 Å². The zero-order chi connectivity index (χ0) is 18.8. The number of aromatic nitrogens is 2. The Balaban J connectivity index is 2.15. The molecule has 0 amide bonds. The highest BCUT2D eigenvalue weighted by Crippen LogP contribution is 2.16. The van der Waals surface area contributed by atoms with E-state index < -0.39 is 5.97 Å². The van der Waals surface area contributed by atoms with Crippen LogP contribution in [0.25, 0.3) is 17.8 Å². The van der Waals surface area contributed by atoms with Gasteiger partial charge in [0.1, 0.15) is 5.65 Å². The number of rotatable bonds is 4. The molecular formula is C21H20N2O3. The van der Waals surface area contributed by atoms with Crippen LogP contribution < -0.4 is 5.56 Å². The van der Waals surface area contributed by atoms with Crippen LogP contribution in [0.2, 0.25) is 0 Å². The summed E-state index contributed by atoms with van der Waals surface area (Å²) in [5.41, 5.74) is 4.82. The molecule has 0 saturated carbocycles. The van der Waals surface area contributed by atoms with Crippen molar-refractivity contribution in [1.82, 2.24) is 9.38 Å². The number of aryl methyl sites for hydroxylation is 2. The summed E-state index contributed by atoms with van der Waals surface area (Å²) < 4.78 is 1.30. The van der Waals surface area contributed by atoms with E-state index in [0.717, 1.165) is 11.1 Å². The summed E-state index contributed by atoms with van der Waals surface area (Å²) in [5.74, 6) is -1.07. The van der Waals surface area contributed by atoms with E-state index in [1.165, 1.54) is 22.2 Å². The van der Waals surface area contributed by atoms with Gasteiger partial charge in [0, 0.05) is 11.8 Å². The molecule has 0 aliphatic carbocycles. The van der Waals surface area contributed by atoms with E-state index >= 15 is 0 Å². The lowest BCUT2D eigenvalue weighted by molar-refractivity contribution is 0.0696. The number of carboxylic acids is 1. The molecule has 0 atom stereocenters. The Hall–Kier alpha value is -3.21. The summed E-state index contributed by atoms with van der Waals surface area (Å²) in [7, 11) is 0. The number of pyridine rings is 1. The molecule has 5 heteroatoms. The first kappa shape index (κ1) is 17.6. The second-order valence-corrected chi connectivity index (χ2v) is 6.28. The van der Waals surface area contributed by atoms with Gasteiger partial charge >= 0.3 is 5.97 Å². The minimum Gasteiger partial charge on any atom is -0.478 e. The van der Waals surface area contributed by atoms with Gasteiger partial charge in [-0.1, -0.05) is 36.8 Å². The molecule has 1 N–H and O–H groups in total. The lowest BCUT2D eigenvalue weighted by Gasteiger charge is -2.08. The maximum absolute atomic E-state index is 12.8. The summed E-state index contributed by atoms with van der Waals surface area (Å²) in [6.07, 6.45) is 5.65. The van der Waals surface area contributed by atoms with E-state index in [-0.39, 0.29) is 11.1 Å². The van der Waals surface area contributed by atoms with Crippen LogP contribution in [0.1, 0.15) is 45.2 Å². The van der Waals surface area contributed by atoms with Crippen molar-refractivity contribution >= 4 is 23.8 Å². The van der Waals surface area contributed by atoms with Gasteiger partial charge in [0.2, 0.25) is 0 Å². The second kappa shape index (κ2) is 6.96. The largest absolute Gasteiger partial charge is 0.478 e. The molecule has 132 valence electrons. The molecular weight excluding hydrogens is 328 g/mol. The molecule has 0 aliphatic rings. The number of carbonyl (C=O) groups is 1. The summed E-state index contributed by atoms with van der Waals surface area (Å²) in [6, 6.07) is 9.22. The highest BCUT2D eigenvalue weighted by atomic mass is 16.4. The number of fused-ring (bicyclic) bond motifs is 1. The van der Waals surface area contributed by atoms with Crippen molar-refractivity contribution in [2.24, 2.45) is 0 Å². The normalized spacial score (nSPS) is 11.3. The number of aromatic carboxylic acids is 1. The molecule has 26 heavy (non-hydrogen) atoms. The molecule has 0 fully saturated rings. The molecule has 0 unspecified atom stereocenters. The van der Waals surface area contributed by atoms with Crippen LogP contribution in [0.3, 0.4) is 0 Å². The molecule has 3 aromatic rings. The van der Waals surface area contributed by atoms with Crippen molar-refractivity contribution in [3.05, 3.63) is 80.4 Å². The third-order valence-corrected chi connectivity index (χ3v) is 4.40. The lowest BCUT2D eigenvalue weighted by atomic mass is 10.0. The number of nitrogens with zero attached hydrogens (tertiary/aromatic N) is 2. The van der Waals surface area contributed by atoms with Crippen LogP contribution in [0.15, 0.2) is 41.3 Å². The van der Waals surface area contributed by atoms with Crippen LogP contribution >= 0.6 is 0 Å². The summed E-state index contributed by atoms with van der Waals surface area (Å²) in [4.78, 5) is 28.5. The van der Waals surface area contributed by atoms with Gasteiger partial charge in [-0.3, -0.25) is 9.20 Å². The van der Waals surface area contributed by atoms with Gasteiger partial charge in [-0.2, -0.15) is 0 Å². The van der Waals surface area contributed by atoms with Crippen LogP contribution in [0.4, 0.5) is 0 Å². The Bertz CT molecular complexity index is 1090. The highest BCUT2D eigenvalue weighted by molar-refractivity contribution is 5.87. The minimum atomic E-state index is -1.07. The monoisotopic (exact) mass is 348 g/mol. The smallest absolute Gasteiger partial charge is 0.337 e. The van der Waals surface area contributed by atoms with Crippen LogP contribution in [0, 0.1) is 13.8 Å². The zero-order valence-corrected chi connectivity index (χ0v) is 15.0.